The number of oxazole rings is 1. The van der Waals surface area contributed by atoms with Gasteiger partial charge in [-0.05, 0) is 44.0 Å². The Morgan fingerprint density at radius 2 is 2.04 bits per heavy atom. The molecule has 1 aromatic carbocycles. The van der Waals surface area contributed by atoms with Crippen LogP contribution < -0.4 is 4.74 Å². The van der Waals surface area contributed by atoms with Crippen LogP contribution in [0.15, 0.2) is 28.7 Å². The fourth-order valence-electron chi connectivity index (χ4n) is 2.85. The Morgan fingerprint density at radius 1 is 1.33 bits per heavy atom. The van der Waals surface area contributed by atoms with Crippen LogP contribution in [0.1, 0.15) is 29.1 Å². The fraction of sp³-hybridized carbons (Fsp3) is 0.353. The van der Waals surface area contributed by atoms with Crippen molar-refractivity contribution < 1.29 is 23.8 Å². The number of carboxylic acid groups (broad SMARTS) is 1. The second-order valence-corrected chi connectivity index (χ2v) is 5.65. The molecule has 0 bridgehead atoms. The van der Waals surface area contributed by atoms with Crippen LogP contribution in [-0.4, -0.2) is 46.6 Å². The van der Waals surface area contributed by atoms with Crippen LogP contribution in [-0.2, 0) is 4.79 Å². The highest BCUT2D eigenvalue weighted by molar-refractivity contribution is 5.96. The van der Waals surface area contributed by atoms with Crippen molar-refractivity contribution in [2.75, 3.05) is 13.7 Å². The molecule has 7 nitrogen and oxygen atoms in total. The van der Waals surface area contributed by atoms with Crippen LogP contribution in [0.4, 0.5) is 0 Å². The third-order valence-corrected chi connectivity index (χ3v) is 4.13. The molecular formula is C17H18N2O5. The first-order valence-electron chi connectivity index (χ1n) is 7.67. The lowest BCUT2D eigenvalue weighted by molar-refractivity contribution is -0.141. The first-order chi connectivity index (χ1) is 11.5. The number of carbonyl (C=O) groups is 2. The normalized spacial score (nSPS) is 17.1. The first kappa shape index (κ1) is 16.0. The Bertz CT molecular complexity index is 766. The Hall–Kier alpha value is -2.83. The minimum atomic E-state index is -0.989. The smallest absolute Gasteiger partial charge is 0.326 e. The van der Waals surface area contributed by atoms with Gasteiger partial charge in [-0.3, -0.25) is 4.79 Å². The molecule has 0 aliphatic carbocycles. The van der Waals surface area contributed by atoms with Gasteiger partial charge in [0.1, 0.15) is 17.6 Å². The van der Waals surface area contributed by atoms with Gasteiger partial charge in [0.15, 0.2) is 5.69 Å². The van der Waals surface area contributed by atoms with Crippen LogP contribution in [0.5, 0.6) is 5.75 Å². The summed E-state index contributed by atoms with van der Waals surface area (Å²) in [5.41, 5.74) is 0.878. The Balaban J connectivity index is 1.88. The number of hydrogen-bond donors (Lipinski definition) is 1. The van der Waals surface area contributed by atoms with Crippen LogP contribution in [0.25, 0.3) is 11.5 Å². The maximum atomic E-state index is 12.6. The van der Waals surface area contributed by atoms with Crippen molar-refractivity contribution in [2.45, 2.75) is 25.8 Å². The average molecular weight is 330 g/mol. The highest BCUT2D eigenvalue weighted by atomic mass is 16.5. The van der Waals surface area contributed by atoms with Crippen molar-refractivity contribution in [1.82, 2.24) is 9.88 Å². The number of ether oxygens (including phenoxy) is 1. The lowest BCUT2D eigenvalue weighted by Gasteiger charge is -2.20. The van der Waals surface area contributed by atoms with Crippen molar-refractivity contribution in [3.8, 4) is 17.2 Å². The van der Waals surface area contributed by atoms with E-state index in [1.165, 1.54) is 4.90 Å². The van der Waals surface area contributed by atoms with Gasteiger partial charge in [0.05, 0.1) is 7.11 Å². The van der Waals surface area contributed by atoms with Crippen LogP contribution >= 0.6 is 0 Å². The molecule has 2 heterocycles. The third-order valence-electron chi connectivity index (χ3n) is 4.13. The van der Waals surface area contributed by atoms with Gasteiger partial charge in [0, 0.05) is 12.1 Å². The summed E-state index contributed by atoms with van der Waals surface area (Å²) in [4.78, 5) is 29.6. The standard InChI is InChI=1S/C17H18N2O5/c1-10-14(16(20)19-9-3-4-13(19)17(21)22)18-15(24-10)11-5-7-12(23-2)8-6-11/h5-8,13H,3-4,9H2,1-2H3,(H,21,22). The molecule has 1 saturated heterocycles. The molecule has 1 amide bonds. The van der Waals surface area contributed by atoms with Crippen molar-refractivity contribution in [2.24, 2.45) is 0 Å². The lowest BCUT2D eigenvalue weighted by Crippen LogP contribution is -2.40. The topological polar surface area (TPSA) is 92.9 Å². The minimum Gasteiger partial charge on any atom is -0.497 e. The summed E-state index contributed by atoms with van der Waals surface area (Å²) in [6.45, 7) is 2.07. The monoisotopic (exact) mass is 330 g/mol. The van der Waals surface area contributed by atoms with Gasteiger partial charge >= 0.3 is 5.97 Å². The molecule has 1 aromatic heterocycles. The molecule has 1 unspecified atom stereocenters. The number of rotatable bonds is 4. The zero-order valence-electron chi connectivity index (χ0n) is 13.5. The van der Waals surface area contributed by atoms with E-state index >= 15 is 0 Å². The summed E-state index contributed by atoms with van der Waals surface area (Å²) in [7, 11) is 1.58. The van der Waals surface area contributed by atoms with E-state index in [1.807, 2.05) is 0 Å². The number of carbonyl (C=O) groups excluding carboxylic acids is 1. The van der Waals surface area contributed by atoms with Gasteiger partial charge in [0.25, 0.3) is 5.91 Å². The molecule has 126 valence electrons. The Morgan fingerprint density at radius 3 is 2.67 bits per heavy atom. The zero-order valence-corrected chi connectivity index (χ0v) is 13.5. The van der Waals surface area contributed by atoms with Gasteiger partial charge in [-0.1, -0.05) is 0 Å². The predicted octanol–water partition coefficient (Wildman–Crippen LogP) is 2.35. The number of aromatic nitrogens is 1. The van der Waals surface area contributed by atoms with Gasteiger partial charge < -0.3 is 19.2 Å². The number of hydrogen-bond acceptors (Lipinski definition) is 5. The number of likely N-dealkylation sites (tertiary alicyclic amines) is 1. The van der Waals surface area contributed by atoms with E-state index in [-0.39, 0.29) is 5.69 Å². The molecule has 24 heavy (non-hydrogen) atoms. The van der Waals surface area contributed by atoms with Gasteiger partial charge in [-0.25, -0.2) is 9.78 Å². The number of carboxylic acids is 1. The second-order valence-electron chi connectivity index (χ2n) is 5.65. The van der Waals surface area contributed by atoms with Crippen molar-refractivity contribution in [1.29, 1.82) is 0 Å². The maximum Gasteiger partial charge on any atom is 0.326 e. The molecule has 1 N–H and O–H groups in total. The number of nitrogens with zero attached hydrogens (tertiary/aromatic N) is 2. The van der Waals surface area contributed by atoms with Crippen LogP contribution in [0.2, 0.25) is 0 Å². The molecule has 0 saturated carbocycles. The molecule has 1 atom stereocenters. The van der Waals surface area contributed by atoms with E-state index in [0.717, 1.165) is 0 Å². The fourth-order valence-corrected chi connectivity index (χ4v) is 2.85. The van der Waals surface area contributed by atoms with Gasteiger partial charge in [-0.2, -0.15) is 0 Å². The summed E-state index contributed by atoms with van der Waals surface area (Å²) in [5, 5.41) is 9.23. The number of methoxy groups -OCH3 is 1. The average Bonchev–Trinajstić information content (AvgIpc) is 3.21. The molecule has 0 radical (unpaired) electrons. The van der Waals surface area contributed by atoms with Gasteiger partial charge in [-0.15, -0.1) is 0 Å². The van der Waals surface area contributed by atoms with Crippen molar-refractivity contribution >= 4 is 11.9 Å². The van der Waals surface area contributed by atoms with Gasteiger partial charge in [0.2, 0.25) is 5.89 Å². The number of amides is 1. The summed E-state index contributed by atoms with van der Waals surface area (Å²) < 4.78 is 10.7. The zero-order chi connectivity index (χ0) is 17.3. The van der Waals surface area contributed by atoms with Crippen molar-refractivity contribution in [3.05, 3.63) is 35.7 Å². The summed E-state index contributed by atoms with van der Waals surface area (Å²) in [6, 6.07) is 6.33. The van der Waals surface area contributed by atoms with E-state index in [9.17, 15) is 14.7 Å². The molecule has 7 heteroatoms. The summed E-state index contributed by atoms with van der Waals surface area (Å²) in [6.07, 6.45) is 1.13. The largest absolute Gasteiger partial charge is 0.497 e. The molecule has 3 rings (SSSR count). The quantitative estimate of drug-likeness (QED) is 0.925. The number of aryl methyl sites for hydroxylation is 1. The Kier molecular flexibility index (Phi) is 4.24. The SMILES string of the molecule is COc1ccc(-c2nc(C(=O)N3CCCC3C(=O)O)c(C)o2)cc1. The molecule has 2 aromatic rings. The van der Waals surface area contributed by atoms with E-state index < -0.39 is 17.9 Å². The number of aliphatic carboxylic acids is 1. The number of benzene rings is 1. The van der Waals surface area contributed by atoms with Crippen LogP contribution in [0.3, 0.4) is 0 Å². The molecule has 1 aliphatic heterocycles. The first-order valence-corrected chi connectivity index (χ1v) is 7.67. The van der Waals surface area contributed by atoms with E-state index in [4.69, 9.17) is 9.15 Å². The summed E-state index contributed by atoms with van der Waals surface area (Å²) >= 11 is 0. The van der Waals surface area contributed by atoms with Crippen LogP contribution in [0, 0.1) is 6.92 Å². The Labute approximate surface area is 138 Å². The highest BCUT2D eigenvalue weighted by Gasteiger charge is 2.36. The van der Waals surface area contributed by atoms with E-state index in [1.54, 1.807) is 38.3 Å². The van der Waals surface area contributed by atoms with E-state index in [2.05, 4.69) is 4.98 Å². The highest BCUT2D eigenvalue weighted by Crippen LogP contribution is 2.26. The lowest BCUT2D eigenvalue weighted by atomic mass is 10.2. The maximum absolute atomic E-state index is 12.6. The molecule has 1 fully saturated rings. The summed E-state index contributed by atoms with van der Waals surface area (Å²) in [5.74, 6) is 0.0180. The third kappa shape index (κ3) is 2.84. The molecule has 1 aliphatic rings. The molecular weight excluding hydrogens is 312 g/mol. The van der Waals surface area contributed by atoms with Crippen molar-refractivity contribution in [3.63, 3.8) is 0 Å². The minimum absolute atomic E-state index is 0.161. The second kappa shape index (κ2) is 6.35. The molecule has 0 spiro atoms. The predicted molar refractivity (Wildman–Crippen MR) is 84.9 cm³/mol. The van der Waals surface area contributed by atoms with E-state index in [0.29, 0.717) is 42.4 Å².